The molecule has 0 aromatic carbocycles. The fourth-order valence-electron chi connectivity index (χ4n) is 1.22. The third-order valence-electron chi connectivity index (χ3n) is 2.63. The van der Waals surface area contributed by atoms with Crippen LogP contribution in [0.3, 0.4) is 0 Å². The number of tetrazole rings is 1. The summed E-state index contributed by atoms with van der Waals surface area (Å²) in [6.45, 7) is 5.07. The second-order valence-corrected chi connectivity index (χ2v) is 4.64. The zero-order chi connectivity index (χ0) is 12.0. The van der Waals surface area contributed by atoms with Crippen molar-refractivity contribution in [2.24, 2.45) is 5.73 Å². The number of rotatable bonds is 7. The number of hydrogen-bond donors (Lipinski definition) is 2. The quantitative estimate of drug-likeness (QED) is 0.670. The number of thioether (sulfide) groups is 1. The van der Waals surface area contributed by atoms with Crippen molar-refractivity contribution >= 4 is 11.8 Å². The van der Waals surface area contributed by atoms with Crippen LogP contribution in [-0.4, -0.2) is 43.2 Å². The first-order valence-electron chi connectivity index (χ1n) is 5.46. The van der Waals surface area contributed by atoms with Gasteiger partial charge in [0.05, 0.1) is 12.1 Å². The summed E-state index contributed by atoms with van der Waals surface area (Å²) in [5, 5.41) is 22.2. The molecule has 1 aromatic rings. The van der Waals surface area contributed by atoms with E-state index in [9.17, 15) is 5.11 Å². The molecule has 0 saturated carbocycles. The van der Waals surface area contributed by atoms with E-state index >= 15 is 0 Å². The van der Waals surface area contributed by atoms with Crippen LogP contribution in [0.5, 0.6) is 0 Å². The summed E-state index contributed by atoms with van der Waals surface area (Å²) >= 11 is 1.47. The molecule has 6 nitrogen and oxygen atoms in total. The smallest absolute Gasteiger partial charge is 0.209 e. The Balaban J connectivity index is 2.56. The van der Waals surface area contributed by atoms with Gasteiger partial charge in [-0.05, 0) is 23.3 Å². The van der Waals surface area contributed by atoms with Gasteiger partial charge in [0.15, 0.2) is 0 Å². The number of aliphatic hydroxyl groups is 1. The van der Waals surface area contributed by atoms with Crippen molar-refractivity contribution in [1.82, 2.24) is 20.2 Å². The highest BCUT2D eigenvalue weighted by molar-refractivity contribution is 7.99. The minimum Gasteiger partial charge on any atom is -0.389 e. The van der Waals surface area contributed by atoms with Crippen molar-refractivity contribution < 1.29 is 5.11 Å². The molecule has 1 heterocycles. The van der Waals surface area contributed by atoms with Crippen molar-refractivity contribution in [3.8, 4) is 0 Å². The normalized spacial score (nSPS) is 12.0. The second-order valence-electron chi connectivity index (χ2n) is 3.69. The Hall–Kier alpha value is -0.660. The van der Waals surface area contributed by atoms with Crippen LogP contribution in [0.1, 0.15) is 26.7 Å². The Bertz CT molecular complexity index is 313. The van der Waals surface area contributed by atoms with E-state index in [-0.39, 0.29) is 0 Å². The molecule has 16 heavy (non-hydrogen) atoms. The Morgan fingerprint density at radius 3 is 2.69 bits per heavy atom. The maximum atomic E-state index is 10.1. The molecule has 92 valence electrons. The Morgan fingerprint density at radius 1 is 1.44 bits per heavy atom. The average molecular weight is 245 g/mol. The molecule has 0 bridgehead atoms. The molecular weight excluding hydrogens is 226 g/mol. The van der Waals surface area contributed by atoms with Crippen molar-refractivity contribution in [3.05, 3.63) is 0 Å². The van der Waals surface area contributed by atoms with Crippen molar-refractivity contribution in [3.63, 3.8) is 0 Å². The molecule has 0 amide bonds. The molecule has 0 atom stereocenters. The fraction of sp³-hybridized carbons (Fsp3) is 0.889. The lowest BCUT2D eigenvalue weighted by molar-refractivity contribution is 0.0571. The molecule has 0 saturated heterocycles. The van der Waals surface area contributed by atoms with Crippen molar-refractivity contribution in [2.45, 2.75) is 44.0 Å². The van der Waals surface area contributed by atoms with Gasteiger partial charge in [-0.2, -0.15) is 0 Å². The highest BCUT2D eigenvalue weighted by atomic mass is 32.2. The van der Waals surface area contributed by atoms with E-state index in [1.165, 1.54) is 11.8 Å². The summed E-state index contributed by atoms with van der Waals surface area (Å²) < 4.78 is 1.66. The summed E-state index contributed by atoms with van der Waals surface area (Å²) in [6, 6.07) is 0. The number of nitrogens with two attached hydrogens (primary N) is 1. The lowest BCUT2D eigenvalue weighted by Crippen LogP contribution is -2.29. The second kappa shape index (κ2) is 6.17. The first-order chi connectivity index (χ1) is 7.65. The predicted octanol–water partition coefficient (Wildman–Crippen LogP) is 0.275. The standard InChI is InChI=1S/C9H19N5OS/c1-3-9(15,4-2)7-16-8-11-12-13-14(8)6-5-10/h15H,3-7,10H2,1-2H3. The zero-order valence-electron chi connectivity index (χ0n) is 9.76. The van der Waals surface area contributed by atoms with Crippen LogP contribution in [0.2, 0.25) is 0 Å². The maximum absolute atomic E-state index is 10.1. The van der Waals surface area contributed by atoms with Gasteiger partial charge >= 0.3 is 0 Å². The van der Waals surface area contributed by atoms with Crippen molar-refractivity contribution in [1.29, 1.82) is 0 Å². The van der Waals surface area contributed by atoms with Crippen LogP contribution in [0, 0.1) is 0 Å². The molecular formula is C9H19N5OS. The number of aromatic nitrogens is 4. The number of nitrogens with zero attached hydrogens (tertiary/aromatic N) is 4. The van der Waals surface area contributed by atoms with Gasteiger partial charge in [-0.25, -0.2) is 4.68 Å². The Kier molecular flexibility index (Phi) is 5.17. The first kappa shape index (κ1) is 13.4. The molecule has 0 radical (unpaired) electrons. The van der Waals surface area contributed by atoms with Crippen LogP contribution >= 0.6 is 11.8 Å². The average Bonchev–Trinajstić information content (AvgIpc) is 2.74. The Morgan fingerprint density at radius 2 is 2.12 bits per heavy atom. The minimum atomic E-state index is -0.635. The van der Waals surface area contributed by atoms with E-state index in [2.05, 4.69) is 15.5 Å². The van der Waals surface area contributed by atoms with E-state index in [0.717, 1.165) is 12.8 Å². The molecule has 0 aliphatic carbocycles. The van der Waals surface area contributed by atoms with Gasteiger partial charge in [-0.1, -0.05) is 25.6 Å². The molecule has 0 fully saturated rings. The summed E-state index contributed by atoms with van der Waals surface area (Å²) in [5.74, 6) is 0.602. The summed E-state index contributed by atoms with van der Waals surface area (Å²) in [7, 11) is 0. The molecule has 0 unspecified atom stereocenters. The monoisotopic (exact) mass is 245 g/mol. The van der Waals surface area contributed by atoms with Crippen LogP contribution in [0.4, 0.5) is 0 Å². The van der Waals surface area contributed by atoms with Crippen molar-refractivity contribution in [2.75, 3.05) is 12.3 Å². The number of hydrogen-bond acceptors (Lipinski definition) is 6. The third kappa shape index (κ3) is 3.43. The molecule has 7 heteroatoms. The summed E-state index contributed by atoms with van der Waals surface area (Å²) in [4.78, 5) is 0. The molecule has 0 spiro atoms. The predicted molar refractivity (Wildman–Crippen MR) is 63.1 cm³/mol. The molecule has 0 aliphatic rings. The van der Waals surface area contributed by atoms with E-state index in [1.807, 2.05) is 13.8 Å². The maximum Gasteiger partial charge on any atom is 0.209 e. The van der Waals surface area contributed by atoms with E-state index in [4.69, 9.17) is 5.73 Å². The zero-order valence-corrected chi connectivity index (χ0v) is 10.6. The largest absolute Gasteiger partial charge is 0.389 e. The molecule has 1 rings (SSSR count). The van der Waals surface area contributed by atoms with Gasteiger partial charge in [0.2, 0.25) is 5.16 Å². The third-order valence-corrected chi connectivity index (χ3v) is 3.86. The van der Waals surface area contributed by atoms with E-state index in [0.29, 0.717) is 24.0 Å². The van der Waals surface area contributed by atoms with Gasteiger partial charge in [0, 0.05) is 12.3 Å². The molecule has 0 aliphatic heterocycles. The summed E-state index contributed by atoms with van der Waals surface area (Å²) in [6.07, 6.45) is 1.46. The van der Waals surface area contributed by atoms with Crippen LogP contribution in [-0.2, 0) is 6.54 Å². The SMILES string of the molecule is CCC(O)(CC)CSc1nnnn1CCN. The van der Waals surface area contributed by atoms with Crippen LogP contribution < -0.4 is 5.73 Å². The Labute approximate surface area is 99.6 Å². The van der Waals surface area contributed by atoms with Gasteiger partial charge < -0.3 is 10.8 Å². The van der Waals surface area contributed by atoms with Crippen LogP contribution in [0.15, 0.2) is 5.16 Å². The van der Waals surface area contributed by atoms with E-state index < -0.39 is 5.60 Å². The lowest BCUT2D eigenvalue weighted by Gasteiger charge is -2.23. The fourth-order valence-corrected chi connectivity index (χ4v) is 2.39. The first-order valence-corrected chi connectivity index (χ1v) is 6.45. The topological polar surface area (TPSA) is 89.9 Å². The lowest BCUT2D eigenvalue weighted by atomic mass is 10.0. The molecule has 3 N–H and O–H groups in total. The van der Waals surface area contributed by atoms with Gasteiger partial charge in [-0.15, -0.1) is 5.10 Å². The summed E-state index contributed by atoms with van der Waals surface area (Å²) in [5.41, 5.74) is 4.81. The highest BCUT2D eigenvalue weighted by Gasteiger charge is 2.23. The van der Waals surface area contributed by atoms with Gasteiger partial charge in [0.25, 0.3) is 0 Å². The minimum absolute atomic E-state index is 0.504. The van der Waals surface area contributed by atoms with Crippen LogP contribution in [0.25, 0.3) is 0 Å². The van der Waals surface area contributed by atoms with Gasteiger partial charge in [-0.3, -0.25) is 0 Å². The molecule has 1 aromatic heterocycles. The van der Waals surface area contributed by atoms with E-state index in [1.54, 1.807) is 4.68 Å². The highest BCUT2D eigenvalue weighted by Crippen LogP contribution is 2.24. The van der Waals surface area contributed by atoms with Gasteiger partial charge in [0.1, 0.15) is 0 Å².